The van der Waals surface area contributed by atoms with Gasteiger partial charge in [-0.2, -0.15) is 18.3 Å². The van der Waals surface area contributed by atoms with Crippen LogP contribution in [0.15, 0.2) is 18.3 Å². The maximum Gasteiger partial charge on any atom is 0.420 e. The van der Waals surface area contributed by atoms with Gasteiger partial charge in [0.25, 0.3) is 11.8 Å². The lowest BCUT2D eigenvalue weighted by atomic mass is 10.0. The lowest BCUT2D eigenvalue weighted by molar-refractivity contribution is -0.138. The van der Waals surface area contributed by atoms with E-state index < -0.39 is 29.2 Å². The molecule has 1 saturated heterocycles. The van der Waals surface area contributed by atoms with E-state index in [0.29, 0.717) is 26.1 Å². The third-order valence-electron chi connectivity index (χ3n) is 5.40. The zero-order valence-electron chi connectivity index (χ0n) is 16.6. The largest absolute Gasteiger partial charge is 0.420 e. The fraction of sp³-hybridized carbons (Fsp3) is 0.500. The molecular weight excluding hydrogens is 415 g/mol. The summed E-state index contributed by atoms with van der Waals surface area (Å²) >= 11 is 0. The fourth-order valence-electron chi connectivity index (χ4n) is 3.79. The van der Waals surface area contributed by atoms with Crippen molar-refractivity contribution in [1.82, 2.24) is 14.8 Å². The van der Waals surface area contributed by atoms with Gasteiger partial charge in [-0.1, -0.05) is 0 Å². The van der Waals surface area contributed by atoms with Crippen LogP contribution >= 0.6 is 0 Å². The molecule has 3 heterocycles. The highest BCUT2D eigenvalue weighted by atomic mass is 19.4. The molecule has 2 fully saturated rings. The summed E-state index contributed by atoms with van der Waals surface area (Å²) in [6, 6.07) is 2.58. The number of hydrogen-bond donors (Lipinski definition) is 2. The number of ether oxygens (including phenoxy) is 1. The van der Waals surface area contributed by atoms with Crippen LogP contribution in [0.5, 0.6) is 0 Å². The first-order chi connectivity index (χ1) is 14.7. The second kappa shape index (κ2) is 8.29. The van der Waals surface area contributed by atoms with Crippen LogP contribution in [-0.4, -0.2) is 39.8 Å². The van der Waals surface area contributed by atoms with Crippen molar-refractivity contribution in [1.29, 1.82) is 0 Å². The molecule has 1 aliphatic heterocycles. The molecule has 0 bridgehead atoms. The van der Waals surface area contributed by atoms with Gasteiger partial charge >= 0.3 is 6.18 Å². The number of carbonyl (C=O) groups is 2. The van der Waals surface area contributed by atoms with Gasteiger partial charge in [0.2, 0.25) is 0 Å². The summed E-state index contributed by atoms with van der Waals surface area (Å²) in [5, 5.41) is 6.67. The van der Waals surface area contributed by atoms with E-state index in [9.17, 15) is 22.8 Å². The minimum Gasteiger partial charge on any atom is -0.381 e. The van der Waals surface area contributed by atoms with Gasteiger partial charge in [-0.05, 0) is 37.8 Å². The molecule has 0 aromatic carbocycles. The number of primary amides is 1. The Labute approximate surface area is 176 Å². The number of pyridine rings is 1. The number of carbonyl (C=O) groups excluding carboxylic acids is 2. The molecule has 2 aromatic rings. The molecule has 8 nitrogen and oxygen atoms in total. The third-order valence-corrected chi connectivity index (χ3v) is 5.40. The first kappa shape index (κ1) is 21.3. The van der Waals surface area contributed by atoms with Crippen molar-refractivity contribution in [3.8, 4) is 0 Å². The zero-order chi connectivity index (χ0) is 22.2. The zero-order valence-corrected chi connectivity index (χ0v) is 16.6. The van der Waals surface area contributed by atoms with Gasteiger partial charge in [0.05, 0.1) is 12.3 Å². The smallest absolute Gasteiger partial charge is 0.381 e. The Balaban J connectivity index is 1.71. The Kier molecular flexibility index (Phi) is 5.69. The van der Waals surface area contributed by atoms with E-state index in [1.54, 1.807) is 0 Å². The molecule has 11 heteroatoms. The highest BCUT2D eigenvalue weighted by molar-refractivity contribution is 6.05. The predicted molar refractivity (Wildman–Crippen MR) is 103 cm³/mol. The monoisotopic (exact) mass is 437 g/mol. The molecule has 31 heavy (non-hydrogen) atoms. The number of amides is 2. The number of nitrogens with zero attached hydrogens (tertiary/aromatic N) is 3. The van der Waals surface area contributed by atoms with Crippen molar-refractivity contribution in [3.63, 3.8) is 0 Å². The molecule has 2 amide bonds. The second-order valence-corrected chi connectivity index (χ2v) is 7.89. The Hall–Kier alpha value is -2.95. The number of alkyl halides is 3. The first-order valence-electron chi connectivity index (χ1n) is 10.1. The van der Waals surface area contributed by atoms with Gasteiger partial charge in [0.15, 0.2) is 0 Å². The molecule has 0 unspecified atom stereocenters. The SMILES string of the molecule is NC(=O)c1cc(NC(=O)c2c(C(F)(F)F)c(C3CC3)nn2C[C@H]2CCCOC2)ccn1. The fourth-order valence-corrected chi connectivity index (χ4v) is 3.79. The normalized spacial score (nSPS) is 19.3. The van der Waals surface area contributed by atoms with Crippen LogP contribution in [0, 0.1) is 5.92 Å². The summed E-state index contributed by atoms with van der Waals surface area (Å²) in [7, 11) is 0. The minimum absolute atomic E-state index is 0.0317. The number of halogens is 3. The van der Waals surface area contributed by atoms with Crippen LogP contribution in [0.1, 0.15) is 63.8 Å². The van der Waals surface area contributed by atoms with Crippen LogP contribution < -0.4 is 11.1 Å². The minimum atomic E-state index is -4.73. The quantitative estimate of drug-likeness (QED) is 0.722. The number of nitrogens with two attached hydrogens (primary N) is 1. The van der Waals surface area contributed by atoms with Crippen LogP contribution in [0.3, 0.4) is 0 Å². The lowest BCUT2D eigenvalue weighted by Crippen LogP contribution is -2.27. The summed E-state index contributed by atoms with van der Waals surface area (Å²) in [6.45, 7) is 1.18. The van der Waals surface area contributed by atoms with Crippen LogP contribution in [0.4, 0.5) is 18.9 Å². The summed E-state index contributed by atoms with van der Waals surface area (Å²) in [5.41, 5.74) is 3.59. The highest BCUT2D eigenvalue weighted by Crippen LogP contribution is 2.46. The molecule has 1 saturated carbocycles. The molecule has 0 radical (unpaired) electrons. The van der Waals surface area contributed by atoms with Gasteiger partial charge in [-0.3, -0.25) is 19.3 Å². The number of rotatable bonds is 6. The van der Waals surface area contributed by atoms with E-state index in [4.69, 9.17) is 10.5 Å². The van der Waals surface area contributed by atoms with Crippen molar-refractivity contribution < 1.29 is 27.5 Å². The molecule has 2 aromatic heterocycles. The van der Waals surface area contributed by atoms with Crippen molar-refractivity contribution in [2.75, 3.05) is 18.5 Å². The number of anilines is 1. The van der Waals surface area contributed by atoms with Crippen molar-refractivity contribution in [2.45, 2.75) is 44.3 Å². The van der Waals surface area contributed by atoms with Gasteiger partial charge in [0, 0.05) is 36.9 Å². The summed E-state index contributed by atoms with van der Waals surface area (Å²) in [5.74, 6) is -2.10. The van der Waals surface area contributed by atoms with E-state index in [1.165, 1.54) is 23.0 Å². The first-order valence-corrected chi connectivity index (χ1v) is 10.1. The summed E-state index contributed by atoms with van der Waals surface area (Å²) < 4.78 is 48.7. The van der Waals surface area contributed by atoms with Crippen LogP contribution in [0.2, 0.25) is 0 Å². The molecular formula is C20H22F3N5O3. The third kappa shape index (κ3) is 4.71. The molecule has 0 spiro atoms. The second-order valence-electron chi connectivity index (χ2n) is 7.89. The average molecular weight is 437 g/mol. The Morgan fingerprint density at radius 3 is 2.68 bits per heavy atom. The molecule has 1 aliphatic carbocycles. The maximum atomic E-state index is 14.0. The number of hydrogen-bond acceptors (Lipinski definition) is 5. The van der Waals surface area contributed by atoms with Gasteiger partial charge in [-0.15, -0.1) is 0 Å². The Morgan fingerprint density at radius 2 is 2.06 bits per heavy atom. The molecule has 3 N–H and O–H groups in total. The van der Waals surface area contributed by atoms with Gasteiger partial charge in [-0.25, -0.2) is 0 Å². The molecule has 4 rings (SSSR count). The van der Waals surface area contributed by atoms with E-state index in [-0.39, 0.29) is 35.5 Å². The van der Waals surface area contributed by atoms with E-state index in [1.807, 2.05) is 0 Å². The van der Waals surface area contributed by atoms with Crippen molar-refractivity contribution in [3.05, 3.63) is 41.0 Å². The Bertz CT molecular complexity index is 994. The highest BCUT2D eigenvalue weighted by Gasteiger charge is 2.46. The van der Waals surface area contributed by atoms with Crippen LogP contribution in [0.25, 0.3) is 0 Å². The summed E-state index contributed by atoms with van der Waals surface area (Å²) in [6.07, 6.45) is -0.676. The molecule has 166 valence electrons. The lowest BCUT2D eigenvalue weighted by Gasteiger charge is -2.22. The van der Waals surface area contributed by atoms with Crippen LogP contribution in [-0.2, 0) is 17.5 Å². The van der Waals surface area contributed by atoms with Crippen molar-refractivity contribution in [2.24, 2.45) is 11.7 Å². The molecule has 2 aliphatic rings. The van der Waals surface area contributed by atoms with Crippen molar-refractivity contribution >= 4 is 17.5 Å². The van der Waals surface area contributed by atoms with Gasteiger partial charge in [0.1, 0.15) is 17.0 Å². The summed E-state index contributed by atoms with van der Waals surface area (Å²) in [4.78, 5) is 28.1. The van der Waals surface area contributed by atoms with E-state index in [2.05, 4.69) is 15.4 Å². The standard InChI is InChI=1S/C20H22F3N5O3/c21-20(22,23)15-16(12-3-4-12)27-28(9-11-2-1-7-31-10-11)17(15)19(30)26-13-5-6-25-14(8-13)18(24)29/h5-6,8,11-12H,1-4,7,9-10H2,(H2,24,29)(H,25,26,30)/t11-/m1/s1. The topological polar surface area (TPSA) is 112 Å². The number of nitrogens with one attached hydrogen (secondary N) is 1. The average Bonchev–Trinajstić information content (AvgIpc) is 3.49. The predicted octanol–water partition coefficient (Wildman–Crippen LogP) is 2.95. The Morgan fingerprint density at radius 1 is 1.29 bits per heavy atom. The van der Waals surface area contributed by atoms with Gasteiger partial charge < -0.3 is 15.8 Å². The number of aromatic nitrogens is 3. The van der Waals surface area contributed by atoms with E-state index >= 15 is 0 Å². The van der Waals surface area contributed by atoms with E-state index in [0.717, 1.165) is 12.8 Å². The maximum absolute atomic E-state index is 14.0. The molecule has 1 atom stereocenters.